The third-order valence-corrected chi connectivity index (χ3v) is 6.88. The standard InChI is InChI=1S/C13H12Br2INS/c1-2-17-12(8-5-3-4-6-10(8)16)11-7-9(14)13(15)18-11/h3-7,12,17H,2H2,1H3. The third-order valence-electron chi connectivity index (χ3n) is 2.57. The zero-order valence-corrected chi connectivity index (χ0v) is 15.9. The van der Waals surface area contributed by atoms with Crippen molar-refractivity contribution in [3.8, 4) is 0 Å². The molecule has 1 aromatic carbocycles. The molecule has 0 fully saturated rings. The van der Waals surface area contributed by atoms with Gasteiger partial charge in [-0.3, -0.25) is 0 Å². The van der Waals surface area contributed by atoms with Crippen LogP contribution in [0.2, 0.25) is 0 Å². The van der Waals surface area contributed by atoms with E-state index in [1.807, 2.05) is 0 Å². The number of benzene rings is 1. The van der Waals surface area contributed by atoms with Crippen LogP contribution in [0.3, 0.4) is 0 Å². The fourth-order valence-electron chi connectivity index (χ4n) is 1.78. The monoisotopic (exact) mass is 499 g/mol. The minimum Gasteiger partial charge on any atom is -0.306 e. The largest absolute Gasteiger partial charge is 0.306 e. The van der Waals surface area contributed by atoms with E-state index in [1.165, 1.54) is 14.0 Å². The maximum Gasteiger partial charge on any atom is 0.0843 e. The van der Waals surface area contributed by atoms with E-state index in [-0.39, 0.29) is 6.04 Å². The van der Waals surface area contributed by atoms with Gasteiger partial charge in [-0.1, -0.05) is 25.1 Å². The van der Waals surface area contributed by atoms with Crippen LogP contribution in [0.1, 0.15) is 23.4 Å². The first-order chi connectivity index (χ1) is 8.63. The second-order valence-electron chi connectivity index (χ2n) is 3.78. The van der Waals surface area contributed by atoms with E-state index in [2.05, 4.69) is 97.0 Å². The molecule has 0 aliphatic rings. The van der Waals surface area contributed by atoms with Crippen LogP contribution in [0.25, 0.3) is 0 Å². The van der Waals surface area contributed by atoms with Crippen LogP contribution >= 0.6 is 65.8 Å². The molecule has 0 amide bonds. The van der Waals surface area contributed by atoms with Crippen molar-refractivity contribution in [2.45, 2.75) is 13.0 Å². The summed E-state index contributed by atoms with van der Waals surface area (Å²) in [5, 5.41) is 3.56. The predicted octanol–water partition coefficient (Wildman–Crippen LogP) is 5.58. The van der Waals surface area contributed by atoms with Crippen molar-refractivity contribution in [1.82, 2.24) is 5.32 Å². The normalized spacial score (nSPS) is 12.7. The van der Waals surface area contributed by atoms with E-state index in [4.69, 9.17) is 0 Å². The summed E-state index contributed by atoms with van der Waals surface area (Å²) in [5.41, 5.74) is 1.33. The first kappa shape index (κ1) is 15.0. The Morgan fingerprint density at radius 2 is 2.06 bits per heavy atom. The van der Waals surface area contributed by atoms with Gasteiger partial charge in [0.2, 0.25) is 0 Å². The van der Waals surface area contributed by atoms with Crippen molar-refractivity contribution in [2.24, 2.45) is 0 Å². The van der Waals surface area contributed by atoms with Crippen molar-refractivity contribution in [1.29, 1.82) is 0 Å². The highest BCUT2D eigenvalue weighted by Crippen LogP contribution is 2.38. The zero-order valence-electron chi connectivity index (χ0n) is 9.71. The Balaban J connectivity index is 2.43. The summed E-state index contributed by atoms with van der Waals surface area (Å²) in [6.07, 6.45) is 0. The van der Waals surface area contributed by atoms with Crippen LogP contribution in [-0.4, -0.2) is 6.54 Å². The van der Waals surface area contributed by atoms with Gasteiger partial charge in [-0.05, 0) is 78.7 Å². The summed E-state index contributed by atoms with van der Waals surface area (Å²) in [5.74, 6) is 0. The van der Waals surface area contributed by atoms with Crippen molar-refractivity contribution >= 4 is 65.8 Å². The van der Waals surface area contributed by atoms with Gasteiger partial charge in [0.15, 0.2) is 0 Å². The highest BCUT2D eigenvalue weighted by Gasteiger charge is 2.18. The van der Waals surface area contributed by atoms with Crippen LogP contribution in [-0.2, 0) is 0 Å². The van der Waals surface area contributed by atoms with E-state index >= 15 is 0 Å². The van der Waals surface area contributed by atoms with E-state index in [0.29, 0.717) is 0 Å². The highest BCUT2D eigenvalue weighted by molar-refractivity contribution is 14.1. The summed E-state index contributed by atoms with van der Waals surface area (Å²) in [7, 11) is 0. The summed E-state index contributed by atoms with van der Waals surface area (Å²) in [4.78, 5) is 1.32. The lowest BCUT2D eigenvalue weighted by Crippen LogP contribution is -2.21. The predicted molar refractivity (Wildman–Crippen MR) is 94.4 cm³/mol. The van der Waals surface area contributed by atoms with Gasteiger partial charge >= 0.3 is 0 Å². The van der Waals surface area contributed by atoms with Crippen LogP contribution in [0.15, 0.2) is 38.6 Å². The molecule has 0 radical (unpaired) electrons. The molecule has 1 atom stereocenters. The molecule has 0 aliphatic heterocycles. The highest BCUT2D eigenvalue weighted by atomic mass is 127. The number of hydrogen-bond acceptors (Lipinski definition) is 2. The molecule has 1 nitrogen and oxygen atoms in total. The molecule has 0 saturated heterocycles. The molecule has 0 bridgehead atoms. The molecule has 1 aromatic heterocycles. The van der Waals surface area contributed by atoms with Crippen molar-refractivity contribution < 1.29 is 0 Å². The van der Waals surface area contributed by atoms with Crippen LogP contribution < -0.4 is 5.32 Å². The van der Waals surface area contributed by atoms with Crippen LogP contribution in [0, 0.1) is 3.57 Å². The van der Waals surface area contributed by atoms with Gasteiger partial charge in [0.05, 0.1) is 9.83 Å². The fraction of sp³-hybridized carbons (Fsp3) is 0.231. The number of thiophene rings is 1. The van der Waals surface area contributed by atoms with E-state index < -0.39 is 0 Å². The van der Waals surface area contributed by atoms with Gasteiger partial charge in [0.25, 0.3) is 0 Å². The summed E-state index contributed by atoms with van der Waals surface area (Å²) < 4.78 is 3.56. The Hall–Kier alpha value is 0.570. The van der Waals surface area contributed by atoms with Crippen molar-refractivity contribution in [2.75, 3.05) is 6.54 Å². The van der Waals surface area contributed by atoms with Crippen LogP contribution in [0.4, 0.5) is 0 Å². The Morgan fingerprint density at radius 3 is 2.61 bits per heavy atom. The van der Waals surface area contributed by atoms with Gasteiger partial charge in [0, 0.05) is 12.9 Å². The molecule has 1 unspecified atom stereocenters. The first-order valence-corrected chi connectivity index (χ1v) is 9.04. The number of nitrogens with one attached hydrogen (secondary N) is 1. The molecule has 0 spiro atoms. The van der Waals surface area contributed by atoms with Crippen LogP contribution in [0.5, 0.6) is 0 Å². The summed E-state index contributed by atoms with van der Waals surface area (Å²) in [6.45, 7) is 3.09. The average Bonchev–Trinajstić information content (AvgIpc) is 2.68. The molecule has 18 heavy (non-hydrogen) atoms. The maximum atomic E-state index is 3.57. The van der Waals surface area contributed by atoms with Gasteiger partial charge in [0.1, 0.15) is 0 Å². The molecule has 1 N–H and O–H groups in total. The Kier molecular flexibility index (Phi) is 5.68. The smallest absolute Gasteiger partial charge is 0.0843 e. The lowest BCUT2D eigenvalue weighted by Gasteiger charge is -2.18. The lowest BCUT2D eigenvalue weighted by atomic mass is 10.1. The summed E-state index contributed by atoms with van der Waals surface area (Å²) in [6, 6.07) is 11.0. The summed E-state index contributed by atoms with van der Waals surface area (Å²) >= 11 is 11.3. The number of halogens is 3. The molecule has 96 valence electrons. The minimum absolute atomic E-state index is 0.260. The molecular formula is C13H12Br2INS. The molecular weight excluding hydrogens is 489 g/mol. The zero-order chi connectivity index (χ0) is 13.1. The fourth-order valence-corrected chi connectivity index (χ4v) is 4.67. The Labute approximate surface area is 142 Å². The second-order valence-corrected chi connectivity index (χ2v) is 8.20. The third kappa shape index (κ3) is 3.36. The van der Waals surface area contributed by atoms with E-state index in [9.17, 15) is 0 Å². The molecule has 1 heterocycles. The number of rotatable bonds is 4. The maximum absolute atomic E-state index is 3.57. The van der Waals surface area contributed by atoms with Gasteiger partial charge in [-0.15, -0.1) is 11.3 Å². The van der Waals surface area contributed by atoms with Gasteiger partial charge in [-0.2, -0.15) is 0 Å². The quantitative estimate of drug-likeness (QED) is 0.541. The van der Waals surface area contributed by atoms with E-state index in [1.54, 1.807) is 11.3 Å². The first-order valence-electron chi connectivity index (χ1n) is 5.56. The Bertz CT molecular complexity index is 522. The van der Waals surface area contributed by atoms with Gasteiger partial charge < -0.3 is 5.32 Å². The van der Waals surface area contributed by atoms with E-state index in [0.717, 1.165) is 14.8 Å². The Morgan fingerprint density at radius 1 is 1.33 bits per heavy atom. The van der Waals surface area contributed by atoms with Crippen molar-refractivity contribution in [3.05, 3.63) is 52.6 Å². The van der Waals surface area contributed by atoms with Gasteiger partial charge in [-0.25, -0.2) is 0 Å². The number of hydrogen-bond donors (Lipinski definition) is 1. The topological polar surface area (TPSA) is 12.0 Å². The van der Waals surface area contributed by atoms with Crippen molar-refractivity contribution in [3.63, 3.8) is 0 Å². The second kappa shape index (κ2) is 6.83. The molecule has 0 saturated carbocycles. The molecule has 2 aromatic rings. The SMILES string of the molecule is CCNC(c1cc(Br)c(Br)s1)c1ccccc1I. The lowest BCUT2D eigenvalue weighted by molar-refractivity contribution is 0.637. The molecule has 0 aliphatic carbocycles. The average molecular weight is 501 g/mol. The minimum atomic E-state index is 0.260. The molecule has 5 heteroatoms. The molecule has 2 rings (SSSR count).